The third-order valence-corrected chi connectivity index (χ3v) is 8.14. The van der Waals surface area contributed by atoms with Gasteiger partial charge in [0.15, 0.2) is 11.4 Å². The van der Waals surface area contributed by atoms with Crippen molar-refractivity contribution in [2.75, 3.05) is 25.6 Å². The molecule has 1 saturated heterocycles. The van der Waals surface area contributed by atoms with E-state index in [0.29, 0.717) is 11.9 Å². The Morgan fingerprint density at radius 3 is 2.79 bits per heavy atom. The molecule has 1 aliphatic heterocycles. The highest BCUT2D eigenvalue weighted by atomic mass is 31.2. The highest BCUT2D eigenvalue weighted by Crippen LogP contribution is 2.48. The van der Waals surface area contributed by atoms with Gasteiger partial charge in [0.2, 0.25) is 0 Å². The second-order valence-electron chi connectivity index (χ2n) is 9.64. The molecule has 1 aromatic carbocycles. The predicted molar refractivity (Wildman–Crippen MR) is 141 cm³/mol. The number of aliphatic hydroxyl groups is 2. The van der Waals surface area contributed by atoms with E-state index in [1.54, 1.807) is 42.5 Å². The highest BCUT2D eigenvalue weighted by molar-refractivity contribution is 7.52. The Labute approximate surface area is 225 Å². The number of para-hydroxylation sites is 1. The van der Waals surface area contributed by atoms with Crippen molar-refractivity contribution in [2.24, 2.45) is 0 Å². The van der Waals surface area contributed by atoms with Crippen molar-refractivity contribution in [1.29, 1.82) is 0 Å². The van der Waals surface area contributed by atoms with Crippen LogP contribution in [0.5, 0.6) is 5.75 Å². The Morgan fingerprint density at radius 1 is 1.33 bits per heavy atom. The average Bonchev–Trinajstić information content (AvgIpc) is 3.46. The Balaban J connectivity index is 1.53. The van der Waals surface area contributed by atoms with Gasteiger partial charge >= 0.3 is 13.7 Å². The van der Waals surface area contributed by atoms with Crippen molar-refractivity contribution in [3.05, 3.63) is 54.5 Å². The molecule has 0 bridgehead atoms. The molecule has 1 unspecified atom stereocenters. The Morgan fingerprint density at radius 2 is 2.08 bits per heavy atom. The van der Waals surface area contributed by atoms with E-state index in [9.17, 15) is 19.6 Å². The van der Waals surface area contributed by atoms with Gasteiger partial charge in [-0.05, 0) is 44.5 Å². The van der Waals surface area contributed by atoms with Gasteiger partial charge in [0.05, 0.1) is 25.5 Å². The number of ether oxygens (including phenoxy) is 2. The summed E-state index contributed by atoms with van der Waals surface area (Å²) < 4.78 is 37.6. The first-order chi connectivity index (χ1) is 18.5. The Bertz CT molecular complexity index is 1340. The number of aromatic nitrogens is 3. The summed E-state index contributed by atoms with van der Waals surface area (Å²) in [5, 5.41) is 29.5. The summed E-state index contributed by atoms with van der Waals surface area (Å²) in [6.07, 6.45) is 1.23. The average molecular weight is 564 g/mol. The number of benzene rings is 1. The maximum Gasteiger partial charge on any atom is 0.459 e. The van der Waals surface area contributed by atoms with Gasteiger partial charge in [-0.15, -0.1) is 0 Å². The molecular weight excluding hydrogens is 529 g/mol. The fraction of sp³-hybridized carbons (Fsp3) is 0.480. The van der Waals surface area contributed by atoms with Gasteiger partial charge in [-0.2, -0.15) is 10.2 Å². The first-order valence-corrected chi connectivity index (χ1v) is 14.1. The van der Waals surface area contributed by atoms with Crippen molar-refractivity contribution < 1.29 is 38.1 Å². The number of hydrogen-bond donors (Lipinski definition) is 4. The minimum absolute atomic E-state index is 0.201. The number of anilines is 1. The van der Waals surface area contributed by atoms with E-state index in [-0.39, 0.29) is 30.5 Å². The number of carbonyl (C=O) groups excluding carboxylic acids is 1. The standard InChI is InChI=1S/C25H34N5O8P/c1-4-5-13-35-22(31)17(2)29-39(34,38-18-9-7-6-8-10-18)37-14-24(3)23(32)25(33,15-36-24)20-12-11-19-21(26)27-16-28-30(19)20/h6-12,16-17,23,32-33H,4-5,13-15H2,1-3H3,(H,29,34)(H2,26,27,28)/t17-,23+,24+,25+,39?/m0/s1. The number of rotatable bonds is 12. The van der Waals surface area contributed by atoms with E-state index in [2.05, 4.69) is 15.2 Å². The van der Waals surface area contributed by atoms with E-state index in [4.69, 9.17) is 24.3 Å². The van der Waals surface area contributed by atoms with Crippen molar-refractivity contribution in [1.82, 2.24) is 19.7 Å². The molecule has 0 aliphatic carbocycles. The number of hydrogen-bond acceptors (Lipinski definition) is 11. The van der Waals surface area contributed by atoms with Crippen LogP contribution in [0.2, 0.25) is 0 Å². The first-order valence-electron chi connectivity index (χ1n) is 12.6. The maximum absolute atomic E-state index is 13.8. The monoisotopic (exact) mass is 563 g/mol. The number of unbranched alkanes of at least 4 members (excludes halogenated alkanes) is 1. The van der Waals surface area contributed by atoms with Crippen molar-refractivity contribution in [3.8, 4) is 5.75 Å². The summed E-state index contributed by atoms with van der Waals surface area (Å²) in [5.41, 5.74) is 3.15. The lowest BCUT2D eigenvalue weighted by atomic mass is 9.86. The zero-order chi connectivity index (χ0) is 28.3. The van der Waals surface area contributed by atoms with Crippen LogP contribution in [0.3, 0.4) is 0 Å². The summed E-state index contributed by atoms with van der Waals surface area (Å²) >= 11 is 0. The lowest BCUT2D eigenvalue weighted by Crippen LogP contribution is -2.50. The first kappa shape index (κ1) is 28.9. The largest absolute Gasteiger partial charge is 0.465 e. The Hall–Kier alpha value is -3.06. The molecule has 0 amide bonds. The third-order valence-electron chi connectivity index (χ3n) is 6.52. The normalized spacial score (nSPS) is 25.3. The van der Waals surface area contributed by atoms with E-state index in [1.807, 2.05) is 6.92 Å². The smallest absolute Gasteiger partial charge is 0.459 e. The highest BCUT2D eigenvalue weighted by Gasteiger charge is 2.58. The predicted octanol–water partition coefficient (Wildman–Crippen LogP) is 2.17. The SMILES string of the molecule is CCCCOC(=O)[C@H](C)NP(=O)(OC[C@@]1(C)OC[C@@](O)(c2ccc3c(N)ncnn23)[C@@H]1O)Oc1ccccc1. The van der Waals surface area contributed by atoms with Gasteiger partial charge in [0.25, 0.3) is 0 Å². The van der Waals surface area contributed by atoms with Crippen molar-refractivity contribution in [2.45, 2.75) is 57.0 Å². The van der Waals surface area contributed by atoms with Crippen LogP contribution in [0.4, 0.5) is 5.82 Å². The zero-order valence-corrected chi connectivity index (χ0v) is 22.9. The number of nitrogens with two attached hydrogens (primary N) is 1. The molecule has 0 spiro atoms. The molecule has 2 aromatic heterocycles. The van der Waals surface area contributed by atoms with Gasteiger partial charge < -0.3 is 29.9 Å². The van der Waals surface area contributed by atoms with Crippen LogP contribution in [0.25, 0.3) is 5.52 Å². The molecule has 4 rings (SSSR count). The molecule has 1 aliphatic rings. The number of aliphatic hydroxyl groups excluding tert-OH is 1. The fourth-order valence-electron chi connectivity index (χ4n) is 4.21. The summed E-state index contributed by atoms with van der Waals surface area (Å²) in [6, 6.07) is 10.4. The summed E-state index contributed by atoms with van der Waals surface area (Å²) in [5.74, 6) is -0.193. The molecule has 13 nitrogen and oxygen atoms in total. The second-order valence-corrected chi connectivity index (χ2v) is 11.3. The van der Waals surface area contributed by atoms with Crippen LogP contribution in [-0.2, 0) is 29.0 Å². The minimum atomic E-state index is -4.23. The maximum atomic E-state index is 13.8. The minimum Gasteiger partial charge on any atom is -0.465 e. The summed E-state index contributed by atoms with van der Waals surface area (Å²) in [7, 11) is -4.23. The van der Waals surface area contributed by atoms with Crippen molar-refractivity contribution in [3.63, 3.8) is 0 Å². The summed E-state index contributed by atoms with van der Waals surface area (Å²) in [4.78, 5) is 16.4. The molecule has 5 atom stereocenters. The lowest BCUT2D eigenvalue weighted by Gasteiger charge is -2.33. The topological polar surface area (TPSA) is 180 Å². The van der Waals surface area contributed by atoms with Crippen LogP contribution < -0.4 is 15.3 Å². The molecule has 14 heteroatoms. The number of nitrogen functional groups attached to an aromatic ring is 1. The molecule has 3 aromatic rings. The molecule has 1 fully saturated rings. The number of carbonyl (C=O) groups is 1. The van der Waals surface area contributed by atoms with E-state index in [1.165, 1.54) is 24.7 Å². The molecule has 0 radical (unpaired) electrons. The van der Waals surface area contributed by atoms with Gasteiger partial charge in [0.1, 0.15) is 35.3 Å². The summed E-state index contributed by atoms with van der Waals surface area (Å²) in [6.45, 7) is 4.39. The van der Waals surface area contributed by atoms with E-state index >= 15 is 0 Å². The third kappa shape index (κ3) is 6.08. The lowest BCUT2D eigenvalue weighted by molar-refractivity contribution is -0.145. The van der Waals surface area contributed by atoms with Gasteiger partial charge in [-0.25, -0.2) is 14.1 Å². The fourth-order valence-corrected chi connectivity index (χ4v) is 5.79. The number of esters is 1. The van der Waals surface area contributed by atoms with Crippen LogP contribution in [-0.4, -0.2) is 68.3 Å². The van der Waals surface area contributed by atoms with Gasteiger partial charge in [-0.1, -0.05) is 31.5 Å². The second kappa shape index (κ2) is 11.6. The molecule has 212 valence electrons. The molecule has 3 heterocycles. The van der Waals surface area contributed by atoms with E-state index in [0.717, 1.165) is 6.42 Å². The van der Waals surface area contributed by atoms with Crippen LogP contribution in [0.1, 0.15) is 39.3 Å². The molecule has 0 saturated carbocycles. The van der Waals surface area contributed by atoms with Gasteiger partial charge in [-0.3, -0.25) is 9.32 Å². The van der Waals surface area contributed by atoms with Crippen LogP contribution in [0.15, 0.2) is 48.8 Å². The molecule has 5 N–H and O–H groups in total. The quantitative estimate of drug-likeness (QED) is 0.144. The number of fused-ring (bicyclic) bond motifs is 1. The van der Waals surface area contributed by atoms with E-state index < -0.39 is 43.7 Å². The van der Waals surface area contributed by atoms with Crippen LogP contribution in [0, 0.1) is 0 Å². The number of nitrogens with zero attached hydrogens (tertiary/aromatic N) is 3. The Kier molecular flexibility index (Phi) is 8.60. The van der Waals surface area contributed by atoms with Crippen LogP contribution >= 0.6 is 7.75 Å². The van der Waals surface area contributed by atoms with Crippen molar-refractivity contribution >= 4 is 25.1 Å². The molecule has 39 heavy (non-hydrogen) atoms. The number of nitrogens with one attached hydrogen (secondary N) is 1. The molecular formula is C25H34N5O8P. The zero-order valence-electron chi connectivity index (χ0n) is 22.0. The van der Waals surface area contributed by atoms with Gasteiger partial charge in [0, 0.05) is 0 Å².